The lowest BCUT2D eigenvalue weighted by atomic mass is 10.0. The molecule has 1 fully saturated rings. The molecular weight excluding hydrogens is 340 g/mol. The summed E-state index contributed by atoms with van der Waals surface area (Å²) in [6, 6.07) is 11.1. The van der Waals surface area contributed by atoms with Crippen molar-refractivity contribution in [3.05, 3.63) is 42.0 Å². The number of phenols is 1. The Morgan fingerprint density at radius 2 is 2.04 bits per heavy atom. The van der Waals surface area contributed by atoms with E-state index in [2.05, 4.69) is 10.5 Å². The number of amides is 1. The summed E-state index contributed by atoms with van der Waals surface area (Å²) >= 11 is 0. The van der Waals surface area contributed by atoms with E-state index in [-0.39, 0.29) is 35.5 Å². The molecule has 0 saturated carbocycles. The number of carbonyl (C=O) groups is 1. The Morgan fingerprint density at radius 3 is 2.76 bits per heavy atom. The monoisotopic (exact) mass is 360 g/mol. The third kappa shape index (κ3) is 3.99. The molecule has 3 rings (SSSR count). The maximum atomic E-state index is 12.0. The van der Waals surface area contributed by atoms with Crippen molar-refractivity contribution in [3.63, 3.8) is 0 Å². The van der Waals surface area contributed by atoms with E-state index in [1.54, 1.807) is 13.0 Å². The molecule has 0 aliphatic carbocycles. The van der Waals surface area contributed by atoms with E-state index < -0.39 is 9.84 Å². The number of phenolic OH excluding ortho intramolecular Hbond substituents is 1. The summed E-state index contributed by atoms with van der Waals surface area (Å²) in [6.07, 6.45) is 0.656. The van der Waals surface area contributed by atoms with Crippen LogP contribution in [0.15, 0.2) is 41.5 Å². The van der Waals surface area contributed by atoms with Crippen LogP contribution in [0.1, 0.15) is 25.3 Å². The van der Waals surface area contributed by atoms with Crippen LogP contribution in [0.5, 0.6) is 5.75 Å². The summed E-state index contributed by atoms with van der Waals surface area (Å²) in [6.45, 7) is 1.70. The molecule has 2 aromatic rings. The van der Waals surface area contributed by atoms with E-state index in [1.807, 2.05) is 30.3 Å². The zero-order chi connectivity index (χ0) is 18.0. The maximum absolute atomic E-state index is 12.0. The SMILES string of the molecule is C/C(=N\NC(=O)C[C@H]1CCS(=O)(=O)C1)c1ccc2ccccc2c1O. The maximum Gasteiger partial charge on any atom is 0.240 e. The molecule has 1 saturated heterocycles. The fourth-order valence-electron chi connectivity index (χ4n) is 3.09. The van der Waals surface area contributed by atoms with Gasteiger partial charge < -0.3 is 5.11 Å². The number of nitrogens with zero attached hydrogens (tertiary/aromatic N) is 1. The molecular formula is C18H20N2O4S. The van der Waals surface area contributed by atoms with Crippen molar-refractivity contribution < 1.29 is 18.3 Å². The van der Waals surface area contributed by atoms with Crippen molar-refractivity contribution in [1.29, 1.82) is 0 Å². The number of hydrogen-bond donors (Lipinski definition) is 2. The number of nitrogens with one attached hydrogen (secondary N) is 1. The van der Waals surface area contributed by atoms with Crippen LogP contribution in [-0.2, 0) is 14.6 Å². The van der Waals surface area contributed by atoms with Crippen molar-refractivity contribution in [3.8, 4) is 5.75 Å². The highest BCUT2D eigenvalue weighted by atomic mass is 32.2. The highest BCUT2D eigenvalue weighted by Gasteiger charge is 2.29. The van der Waals surface area contributed by atoms with Crippen LogP contribution < -0.4 is 5.43 Å². The molecule has 2 aromatic carbocycles. The van der Waals surface area contributed by atoms with Gasteiger partial charge in [0.05, 0.1) is 17.2 Å². The minimum atomic E-state index is -2.99. The van der Waals surface area contributed by atoms with Gasteiger partial charge in [0.1, 0.15) is 5.75 Å². The minimum absolute atomic E-state index is 0.0641. The molecule has 2 N–H and O–H groups in total. The van der Waals surface area contributed by atoms with Crippen LogP contribution in [0.2, 0.25) is 0 Å². The second kappa shape index (κ2) is 6.84. The molecule has 1 amide bonds. The van der Waals surface area contributed by atoms with Crippen LogP contribution >= 0.6 is 0 Å². The smallest absolute Gasteiger partial charge is 0.240 e. The first-order valence-electron chi connectivity index (χ1n) is 8.10. The van der Waals surface area contributed by atoms with Gasteiger partial charge in [-0.25, -0.2) is 13.8 Å². The first-order chi connectivity index (χ1) is 11.9. The molecule has 1 atom stereocenters. The van der Waals surface area contributed by atoms with E-state index in [0.29, 0.717) is 17.7 Å². The molecule has 0 unspecified atom stereocenters. The predicted molar refractivity (Wildman–Crippen MR) is 97.3 cm³/mol. The average Bonchev–Trinajstić information content (AvgIpc) is 2.92. The average molecular weight is 360 g/mol. The number of rotatable bonds is 4. The Kier molecular flexibility index (Phi) is 4.76. The lowest BCUT2D eigenvalue weighted by Crippen LogP contribution is -2.22. The fraction of sp³-hybridized carbons (Fsp3) is 0.333. The third-order valence-electron chi connectivity index (χ3n) is 4.44. The van der Waals surface area contributed by atoms with Gasteiger partial charge in [-0.2, -0.15) is 5.10 Å². The Morgan fingerprint density at radius 1 is 1.28 bits per heavy atom. The molecule has 0 radical (unpaired) electrons. The molecule has 7 heteroatoms. The van der Waals surface area contributed by atoms with Gasteiger partial charge in [0, 0.05) is 17.4 Å². The Labute approximate surface area is 146 Å². The first-order valence-corrected chi connectivity index (χ1v) is 9.92. The summed E-state index contributed by atoms with van der Waals surface area (Å²) < 4.78 is 22.9. The third-order valence-corrected chi connectivity index (χ3v) is 6.28. The molecule has 132 valence electrons. The van der Waals surface area contributed by atoms with Crippen LogP contribution in [0.25, 0.3) is 10.8 Å². The quantitative estimate of drug-likeness (QED) is 0.645. The van der Waals surface area contributed by atoms with Crippen LogP contribution in [-0.4, -0.2) is 36.6 Å². The number of fused-ring (bicyclic) bond motifs is 1. The van der Waals surface area contributed by atoms with Gasteiger partial charge >= 0.3 is 0 Å². The number of hydrogen-bond acceptors (Lipinski definition) is 5. The normalized spacial score (nSPS) is 19.9. The van der Waals surface area contributed by atoms with Gasteiger partial charge in [0.2, 0.25) is 5.91 Å². The second-order valence-electron chi connectivity index (χ2n) is 6.39. The van der Waals surface area contributed by atoms with Gasteiger partial charge in [-0.3, -0.25) is 4.79 Å². The van der Waals surface area contributed by atoms with Crippen molar-refractivity contribution in [1.82, 2.24) is 5.43 Å². The number of benzene rings is 2. The largest absolute Gasteiger partial charge is 0.507 e. The van der Waals surface area contributed by atoms with E-state index in [9.17, 15) is 18.3 Å². The molecule has 6 nitrogen and oxygen atoms in total. The zero-order valence-electron chi connectivity index (χ0n) is 13.9. The van der Waals surface area contributed by atoms with E-state index in [1.165, 1.54) is 0 Å². The Bertz CT molecular complexity index is 951. The lowest BCUT2D eigenvalue weighted by molar-refractivity contribution is -0.121. The molecule has 1 heterocycles. The number of sulfone groups is 1. The van der Waals surface area contributed by atoms with Crippen LogP contribution in [0, 0.1) is 5.92 Å². The van der Waals surface area contributed by atoms with Gasteiger partial charge in [-0.1, -0.05) is 30.3 Å². The second-order valence-corrected chi connectivity index (χ2v) is 8.62. The van der Waals surface area contributed by atoms with Gasteiger partial charge in [-0.05, 0) is 30.7 Å². The summed E-state index contributed by atoms with van der Waals surface area (Å²) in [7, 11) is -2.99. The molecule has 1 aliphatic rings. The van der Waals surface area contributed by atoms with Gasteiger partial charge in [0.25, 0.3) is 0 Å². The standard InChI is InChI=1S/C18H20N2O4S/c1-12(15-7-6-14-4-2-3-5-16(14)18(15)22)19-20-17(21)10-13-8-9-25(23,24)11-13/h2-7,13,22H,8-11H2,1H3,(H,20,21)/b19-12+/t13-/m1/s1. The number of hydrazone groups is 1. The molecule has 0 spiro atoms. The summed E-state index contributed by atoms with van der Waals surface area (Å²) in [5.74, 6) is -0.126. The molecule has 0 aromatic heterocycles. The van der Waals surface area contributed by atoms with Crippen LogP contribution in [0.4, 0.5) is 0 Å². The van der Waals surface area contributed by atoms with Gasteiger partial charge in [-0.15, -0.1) is 0 Å². The zero-order valence-corrected chi connectivity index (χ0v) is 14.7. The summed E-state index contributed by atoms with van der Waals surface area (Å²) in [5.41, 5.74) is 3.48. The van der Waals surface area contributed by atoms with Crippen molar-refractivity contribution in [2.45, 2.75) is 19.8 Å². The number of carbonyl (C=O) groups excluding carboxylic acids is 1. The number of aromatic hydroxyl groups is 1. The molecule has 0 bridgehead atoms. The van der Waals surface area contributed by atoms with E-state index >= 15 is 0 Å². The Hall–Kier alpha value is -2.41. The summed E-state index contributed by atoms with van der Waals surface area (Å²) in [5, 5.41) is 16.1. The van der Waals surface area contributed by atoms with E-state index in [4.69, 9.17) is 0 Å². The van der Waals surface area contributed by atoms with Crippen molar-refractivity contribution in [2.75, 3.05) is 11.5 Å². The predicted octanol–water partition coefficient (Wildman–Crippen LogP) is 2.21. The topological polar surface area (TPSA) is 95.8 Å². The summed E-state index contributed by atoms with van der Waals surface area (Å²) in [4.78, 5) is 12.0. The first kappa shape index (κ1) is 17.4. The Balaban J connectivity index is 1.69. The van der Waals surface area contributed by atoms with Crippen LogP contribution in [0.3, 0.4) is 0 Å². The van der Waals surface area contributed by atoms with Gasteiger partial charge in [0.15, 0.2) is 9.84 Å². The highest BCUT2D eigenvalue weighted by molar-refractivity contribution is 7.91. The fourth-order valence-corrected chi connectivity index (χ4v) is 4.96. The van der Waals surface area contributed by atoms with E-state index in [0.717, 1.165) is 10.8 Å². The molecule has 25 heavy (non-hydrogen) atoms. The molecule has 1 aliphatic heterocycles. The minimum Gasteiger partial charge on any atom is -0.507 e. The lowest BCUT2D eigenvalue weighted by Gasteiger charge is -2.09. The van der Waals surface area contributed by atoms with Crippen molar-refractivity contribution in [2.24, 2.45) is 11.0 Å². The highest BCUT2D eigenvalue weighted by Crippen LogP contribution is 2.29. The van der Waals surface area contributed by atoms with Crippen molar-refractivity contribution >= 4 is 32.2 Å².